The SMILES string of the molecule is O=C=NCC(CSCc1ccccc1)NC(=O)OCc1ccccc1. The van der Waals surface area contributed by atoms with Gasteiger partial charge in [-0.05, 0) is 11.1 Å². The van der Waals surface area contributed by atoms with Crippen LogP contribution < -0.4 is 5.32 Å². The zero-order chi connectivity index (χ0) is 17.7. The number of carbonyl (C=O) groups excluding carboxylic acids is 2. The second-order valence-corrected chi connectivity index (χ2v) is 6.37. The van der Waals surface area contributed by atoms with E-state index in [2.05, 4.69) is 10.3 Å². The molecule has 1 atom stereocenters. The molecule has 0 fully saturated rings. The third-order valence-electron chi connectivity index (χ3n) is 3.34. The van der Waals surface area contributed by atoms with Crippen LogP contribution in [0.2, 0.25) is 0 Å². The van der Waals surface area contributed by atoms with Crippen LogP contribution in [0.25, 0.3) is 0 Å². The number of carbonyl (C=O) groups is 1. The summed E-state index contributed by atoms with van der Waals surface area (Å²) in [5.41, 5.74) is 2.12. The summed E-state index contributed by atoms with van der Waals surface area (Å²) in [6.45, 7) is 0.388. The summed E-state index contributed by atoms with van der Waals surface area (Å²) in [6, 6.07) is 19.2. The topological polar surface area (TPSA) is 67.8 Å². The minimum absolute atomic E-state index is 0.186. The molecule has 0 bridgehead atoms. The molecule has 0 saturated carbocycles. The van der Waals surface area contributed by atoms with Crippen molar-refractivity contribution in [1.29, 1.82) is 0 Å². The molecule has 0 radical (unpaired) electrons. The predicted octanol–water partition coefficient (Wildman–Crippen LogP) is 3.55. The normalized spacial score (nSPS) is 11.2. The van der Waals surface area contributed by atoms with Gasteiger partial charge in [0.2, 0.25) is 6.08 Å². The number of benzene rings is 2. The fourth-order valence-corrected chi connectivity index (χ4v) is 3.13. The summed E-state index contributed by atoms with van der Waals surface area (Å²) >= 11 is 1.66. The molecule has 2 aromatic carbocycles. The molecule has 5 nitrogen and oxygen atoms in total. The molecule has 2 aromatic rings. The fourth-order valence-electron chi connectivity index (χ4n) is 2.11. The monoisotopic (exact) mass is 356 g/mol. The third-order valence-corrected chi connectivity index (χ3v) is 4.52. The van der Waals surface area contributed by atoms with Crippen molar-refractivity contribution >= 4 is 23.9 Å². The van der Waals surface area contributed by atoms with Crippen LogP contribution in [0.3, 0.4) is 0 Å². The van der Waals surface area contributed by atoms with Gasteiger partial charge in [-0.15, -0.1) is 0 Å². The molecular formula is C19H20N2O3S. The van der Waals surface area contributed by atoms with Gasteiger partial charge in [0.1, 0.15) is 6.61 Å². The Bertz CT molecular complexity index is 688. The number of ether oxygens (including phenoxy) is 1. The highest BCUT2D eigenvalue weighted by Crippen LogP contribution is 2.13. The van der Waals surface area contributed by atoms with Crippen molar-refractivity contribution in [2.75, 3.05) is 12.3 Å². The van der Waals surface area contributed by atoms with E-state index in [0.29, 0.717) is 5.75 Å². The predicted molar refractivity (Wildman–Crippen MR) is 99.1 cm³/mol. The molecule has 0 aliphatic heterocycles. The minimum atomic E-state index is -0.518. The number of nitrogens with one attached hydrogen (secondary N) is 1. The highest BCUT2D eigenvalue weighted by Gasteiger charge is 2.13. The molecule has 1 amide bonds. The van der Waals surface area contributed by atoms with Gasteiger partial charge < -0.3 is 10.1 Å². The molecule has 0 aromatic heterocycles. The Labute approximate surface area is 151 Å². The van der Waals surface area contributed by atoms with Crippen molar-refractivity contribution in [2.24, 2.45) is 4.99 Å². The molecule has 25 heavy (non-hydrogen) atoms. The van der Waals surface area contributed by atoms with Gasteiger partial charge in [0.05, 0.1) is 12.6 Å². The first-order valence-electron chi connectivity index (χ1n) is 7.90. The summed E-state index contributed by atoms with van der Waals surface area (Å²) in [5, 5.41) is 2.75. The summed E-state index contributed by atoms with van der Waals surface area (Å²) in [4.78, 5) is 25.9. The second kappa shape index (κ2) is 11.1. The Kier molecular flexibility index (Phi) is 8.32. The molecule has 0 saturated heterocycles. The van der Waals surface area contributed by atoms with Crippen molar-refractivity contribution in [1.82, 2.24) is 5.32 Å². The molecule has 0 aliphatic rings. The first-order valence-corrected chi connectivity index (χ1v) is 9.06. The highest BCUT2D eigenvalue weighted by molar-refractivity contribution is 7.98. The van der Waals surface area contributed by atoms with E-state index < -0.39 is 6.09 Å². The smallest absolute Gasteiger partial charge is 0.407 e. The van der Waals surface area contributed by atoms with E-state index in [1.54, 1.807) is 11.8 Å². The summed E-state index contributed by atoms with van der Waals surface area (Å²) in [5.74, 6) is 1.45. The van der Waals surface area contributed by atoms with Crippen molar-refractivity contribution in [3.63, 3.8) is 0 Å². The Morgan fingerprint density at radius 3 is 2.36 bits per heavy atom. The van der Waals surface area contributed by atoms with E-state index >= 15 is 0 Å². The Morgan fingerprint density at radius 2 is 1.72 bits per heavy atom. The molecule has 6 heteroatoms. The van der Waals surface area contributed by atoms with Gasteiger partial charge in [-0.3, -0.25) is 0 Å². The van der Waals surface area contributed by atoms with Crippen LogP contribution in [0.15, 0.2) is 65.7 Å². The minimum Gasteiger partial charge on any atom is -0.445 e. The fraction of sp³-hybridized carbons (Fsp3) is 0.263. The largest absolute Gasteiger partial charge is 0.445 e. The Balaban J connectivity index is 1.77. The molecule has 0 spiro atoms. The van der Waals surface area contributed by atoms with Crippen molar-refractivity contribution < 1.29 is 14.3 Å². The maximum absolute atomic E-state index is 11.9. The van der Waals surface area contributed by atoms with Crippen LogP contribution in [-0.2, 0) is 21.9 Å². The lowest BCUT2D eigenvalue weighted by Crippen LogP contribution is -2.39. The van der Waals surface area contributed by atoms with E-state index in [9.17, 15) is 9.59 Å². The number of hydrogen-bond acceptors (Lipinski definition) is 5. The quantitative estimate of drug-likeness (QED) is 0.551. The van der Waals surface area contributed by atoms with Gasteiger partial charge in [-0.1, -0.05) is 60.7 Å². The van der Waals surface area contributed by atoms with Crippen LogP contribution in [-0.4, -0.2) is 30.5 Å². The van der Waals surface area contributed by atoms with Crippen LogP contribution in [0, 0.1) is 0 Å². The third kappa shape index (κ3) is 7.70. The van der Waals surface area contributed by atoms with Gasteiger partial charge >= 0.3 is 6.09 Å². The molecule has 0 heterocycles. The highest BCUT2D eigenvalue weighted by atomic mass is 32.2. The number of rotatable bonds is 9. The molecule has 130 valence electrons. The second-order valence-electron chi connectivity index (χ2n) is 5.34. The molecule has 1 N–H and O–H groups in total. The maximum atomic E-state index is 11.9. The van der Waals surface area contributed by atoms with Gasteiger partial charge in [-0.2, -0.15) is 11.8 Å². The van der Waals surface area contributed by atoms with Crippen LogP contribution >= 0.6 is 11.8 Å². The van der Waals surface area contributed by atoms with Gasteiger partial charge in [0.25, 0.3) is 0 Å². The van der Waals surface area contributed by atoms with E-state index in [4.69, 9.17) is 4.74 Å². The number of nitrogens with zero attached hydrogens (tertiary/aromatic N) is 1. The molecule has 0 aliphatic carbocycles. The lowest BCUT2D eigenvalue weighted by Gasteiger charge is -2.16. The van der Waals surface area contributed by atoms with Crippen molar-refractivity contribution in [3.8, 4) is 0 Å². The molecule has 2 rings (SSSR count). The van der Waals surface area contributed by atoms with E-state index in [-0.39, 0.29) is 19.2 Å². The summed E-state index contributed by atoms with van der Waals surface area (Å²) < 4.78 is 5.20. The summed E-state index contributed by atoms with van der Waals surface area (Å²) in [6.07, 6.45) is 0.993. The zero-order valence-corrected chi connectivity index (χ0v) is 14.6. The van der Waals surface area contributed by atoms with Gasteiger partial charge in [-0.25, -0.2) is 14.6 Å². The van der Waals surface area contributed by atoms with Gasteiger partial charge in [0.15, 0.2) is 0 Å². The van der Waals surface area contributed by atoms with Crippen molar-refractivity contribution in [3.05, 3.63) is 71.8 Å². The first-order chi connectivity index (χ1) is 12.3. The van der Waals surface area contributed by atoms with E-state index in [1.807, 2.05) is 60.7 Å². The van der Waals surface area contributed by atoms with E-state index in [1.165, 1.54) is 11.6 Å². The summed E-state index contributed by atoms with van der Waals surface area (Å²) in [7, 11) is 0. The zero-order valence-electron chi connectivity index (χ0n) is 13.8. The standard InChI is InChI=1S/C19H20N2O3S/c22-15-20-11-18(14-25-13-17-9-5-2-6-10-17)21-19(23)24-12-16-7-3-1-4-8-16/h1-10,18H,11-14H2,(H,21,23). The number of alkyl carbamates (subject to hydrolysis) is 1. The Hall–Kier alpha value is -2.56. The number of hydrogen-bond donors (Lipinski definition) is 1. The molecule has 1 unspecified atom stereocenters. The van der Waals surface area contributed by atoms with Crippen LogP contribution in [0.5, 0.6) is 0 Å². The first kappa shape index (κ1) is 18.8. The van der Waals surface area contributed by atoms with Crippen LogP contribution in [0.4, 0.5) is 4.79 Å². The average Bonchev–Trinajstić information content (AvgIpc) is 2.66. The number of isocyanates is 1. The number of thioether (sulfide) groups is 1. The lowest BCUT2D eigenvalue weighted by atomic mass is 10.2. The lowest BCUT2D eigenvalue weighted by molar-refractivity contribution is 0.137. The number of aliphatic imine (C=N–C) groups is 1. The maximum Gasteiger partial charge on any atom is 0.407 e. The molecular weight excluding hydrogens is 336 g/mol. The van der Waals surface area contributed by atoms with Crippen LogP contribution in [0.1, 0.15) is 11.1 Å². The van der Waals surface area contributed by atoms with E-state index in [0.717, 1.165) is 11.3 Å². The van der Waals surface area contributed by atoms with Gasteiger partial charge in [0, 0.05) is 11.5 Å². The number of amides is 1. The Morgan fingerprint density at radius 1 is 1.08 bits per heavy atom. The van der Waals surface area contributed by atoms with Crippen molar-refractivity contribution in [2.45, 2.75) is 18.4 Å². The average molecular weight is 356 g/mol.